The van der Waals surface area contributed by atoms with Crippen LogP contribution in [0.3, 0.4) is 0 Å². The molecule has 0 aromatic heterocycles. The van der Waals surface area contributed by atoms with Crippen molar-refractivity contribution >= 4 is 34.9 Å². The van der Waals surface area contributed by atoms with E-state index >= 15 is 0 Å². The van der Waals surface area contributed by atoms with E-state index in [0.717, 1.165) is 6.07 Å². The average molecular weight is 342 g/mol. The van der Waals surface area contributed by atoms with E-state index in [1.165, 1.54) is 12.1 Å². The molecular formula is C14H9Cl2NO5. The topological polar surface area (TPSA) is 89.7 Å². The van der Waals surface area contributed by atoms with Gasteiger partial charge in [-0.2, -0.15) is 0 Å². The molecule has 0 amide bonds. The van der Waals surface area contributed by atoms with Crippen molar-refractivity contribution in [1.82, 2.24) is 0 Å². The van der Waals surface area contributed by atoms with Crippen LogP contribution in [0.25, 0.3) is 0 Å². The Morgan fingerprint density at radius 3 is 2.50 bits per heavy atom. The Morgan fingerprint density at radius 1 is 1.18 bits per heavy atom. The predicted molar refractivity (Wildman–Crippen MR) is 80.8 cm³/mol. The van der Waals surface area contributed by atoms with E-state index in [2.05, 4.69) is 0 Å². The van der Waals surface area contributed by atoms with Gasteiger partial charge in [0.15, 0.2) is 0 Å². The van der Waals surface area contributed by atoms with Crippen molar-refractivity contribution in [2.75, 3.05) is 0 Å². The van der Waals surface area contributed by atoms with Crippen LogP contribution in [0.4, 0.5) is 5.69 Å². The van der Waals surface area contributed by atoms with Crippen LogP contribution in [0.5, 0.6) is 5.75 Å². The number of ether oxygens (including phenoxy) is 1. The number of rotatable bonds is 5. The molecule has 0 unspecified atom stereocenters. The van der Waals surface area contributed by atoms with Crippen LogP contribution in [0.1, 0.15) is 15.9 Å². The maximum Gasteiger partial charge on any atom is 0.339 e. The minimum atomic E-state index is -1.31. The number of non-ortho nitro benzene ring substituents is 1. The Hall–Kier alpha value is -2.31. The highest BCUT2D eigenvalue weighted by Gasteiger charge is 2.17. The van der Waals surface area contributed by atoms with E-state index in [1.54, 1.807) is 18.2 Å². The summed E-state index contributed by atoms with van der Waals surface area (Å²) >= 11 is 11.7. The van der Waals surface area contributed by atoms with Crippen molar-refractivity contribution in [3.63, 3.8) is 0 Å². The van der Waals surface area contributed by atoms with Gasteiger partial charge in [-0.3, -0.25) is 10.1 Å². The predicted octanol–water partition coefficient (Wildman–Crippen LogP) is 4.18. The van der Waals surface area contributed by atoms with Gasteiger partial charge in [0.2, 0.25) is 0 Å². The van der Waals surface area contributed by atoms with Crippen LogP contribution in [-0.2, 0) is 6.61 Å². The molecule has 0 radical (unpaired) electrons. The first-order valence-corrected chi connectivity index (χ1v) is 6.72. The Kier molecular flexibility index (Phi) is 4.85. The fourth-order valence-corrected chi connectivity index (χ4v) is 2.04. The van der Waals surface area contributed by atoms with Crippen LogP contribution < -0.4 is 4.74 Å². The largest absolute Gasteiger partial charge is 0.488 e. The third-order valence-electron chi connectivity index (χ3n) is 2.78. The molecule has 2 rings (SSSR count). The second kappa shape index (κ2) is 6.64. The van der Waals surface area contributed by atoms with Crippen molar-refractivity contribution in [1.29, 1.82) is 0 Å². The van der Waals surface area contributed by atoms with Crippen LogP contribution in [-0.4, -0.2) is 16.0 Å². The lowest BCUT2D eigenvalue weighted by Crippen LogP contribution is -2.04. The summed E-state index contributed by atoms with van der Waals surface area (Å²) in [6, 6.07) is 8.24. The average Bonchev–Trinajstić information content (AvgIpc) is 2.48. The zero-order valence-electron chi connectivity index (χ0n) is 11.0. The lowest BCUT2D eigenvalue weighted by Gasteiger charge is -2.09. The molecule has 8 heteroatoms. The molecule has 114 valence electrons. The number of aromatic carboxylic acids is 1. The van der Waals surface area contributed by atoms with Gasteiger partial charge < -0.3 is 9.84 Å². The molecule has 0 spiro atoms. The Bertz CT molecular complexity index is 748. The summed E-state index contributed by atoms with van der Waals surface area (Å²) in [5.74, 6) is -1.28. The van der Waals surface area contributed by atoms with Crippen molar-refractivity contribution in [3.8, 4) is 5.75 Å². The van der Waals surface area contributed by atoms with Crippen molar-refractivity contribution in [2.45, 2.75) is 6.61 Å². The fraction of sp³-hybridized carbons (Fsp3) is 0.0714. The summed E-state index contributed by atoms with van der Waals surface area (Å²) in [6.07, 6.45) is 0. The first-order valence-electron chi connectivity index (χ1n) is 5.97. The minimum Gasteiger partial charge on any atom is -0.488 e. The summed E-state index contributed by atoms with van der Waals surface area (Å²) in [6.45, 7) is 0.0506. The van der Waals surface area contributed by atoms with E-state index in [0.29, 0.717) is 15.6 Å². The van der Waals surface area contributed by atoms with Crippen LogP contribution >= 0.6 is 23.2 Å². The number of benzene rings is 2. The van der Waals surface area contributed by atoms with E-state index in [-0.39, 0.29) is 23.6 Å². The highest BCUT2D eigenvalue weighted by atomic mass is 35.5. The Morgan fingerprint density at radius 2 is 1.91 bits per heavy atom. The van der Waals surface area contributed by atoms with Crippen LogP contribution in [0.15, 0.2) is 36.4 Å². The molecule has 1 N–H and O–H groups in total. The number of hydrogen-bond acceptors (Lipinski definition) is 4. The van der Waals surface area contributed by atoms with Crippen molar-refractivity contribution in [2.24, 2.45) is 0 Å². The number of nitro groups is 1. The standard InChI is InChI=1S/C14H9Cl2NO5/c15-11-3-1-8(5-12(11)16)7-22-13-4-2-9(17(20)21)6-10(13)14(18)19/h1-6H,7H2,(H,18,19). The van der Waals surface area contributed by atoms with Gasteiger partial charge in [-0.15, -0.1) is 0 Å². The summed E-state index contributed by atoms with van der Waals surface area (Å²) in [5.41, 5.74) is 0.0811. The van der Waals surface area contributed by atoms with Gasteiger partial charge >= 0.3 is 5.97 Å². The molecule has 0 bridgehead atoms. The number of halogens is 2. The lowest BCUT2D eigenvalue weighted by atomic mass is 10.1. The number of nitro benzene ring substituents is 1. The van der Waals surface area contributed by atoms with Gasteiger partial charge in [-0.05, 0) is 23.8 Å². The second-order valence-electron chi connectivity index (χ2n) is 4.28. The number of carbonyl (C=O) groups is 1. The number of carboxylic acid groups (broad SMARTS) is 1. The van der Waals surface area contributed by atoms with Crippen LogP contribution in [0.2, 0.25) is 10.0 Å². The molecule has 0 saturated heterocycles. The molecule has 6 nitrogen and oxygen atoms in total. The fourth-order valence-electron chi connectivity index (χ4n) is 1.72. The summed E-state index contributed by atoms with van der Waals surface area (Å²) in [4.78, 5) is 21.2. The molecule has 0 aliphatic carbocycles. The van der Waals surface area contributed by atoms with Gasteiger partial charge in [0, 0.05) is 12.1 Å². The molecule has 0 heterocycles. The molecular weight excluding hydrogens is 333 g/mol. The van der Waals surface area contributed by atoms with E-state index in [9.17, 15) is 14.9 Å². The van der Waals surface area contributed by atoms with Crippen molar-refractivity contribution in [3.05, 3.63) is 67.7 Å². The molecule has 2 aromatic rings. The number of nitrogens with zero attached hydrogens (tertiary/aromatic N) is 1. The molecule has 0 atom stereocenters. The van der Waals surface area contributed by atoms with Crippen LogP contribution in [0, 0.1) is 10.1 Å². The second-order valence-corrected chi connectivity index (χ2v) is 5.09. The smallest absolute Gasteiger partial charge is 0.339 e. The maximum atomic E-state index is 11.2. The first kappa shape index (κ1) is 16.1. The zero-order valence-corrected chi connectivity index (χ0v) is 12.5. The minimum absolute atomic E-state index is 0.0316. The molecule has 22 heavy (non-hydrogen) atoms. The third-order valence-corrected chi connectivity index (χ3v) is 3.52. The molecule has 0 saturated carbocycles. The summed E-state index contributed by atoms with van der Waals surface area (Å²) in [5, 5.41) is 20.5. The molecule has 0 fully saturated rings. The van der Waals surface area contributed by atoms with Gasteiger partial charge in [0.05, 0.1) is 15.0 Å². The SMILES string of the molecule is O=C(O)c1cc([N+](=O)[O-])ccc1OCc1ccc(Cl)c(Cl)c1. The van der Waals surface area contributed by atoms with E-state index < -0.39 is 10.9 Å². The maximum absolute atomic E-state index is 11.2. The molecule has 2 aromatic carbocycles. The molecule has 0 aliphatic rings. The van der Waals surface area contributed by atoms with E-state index in [1.807, 2.05) is 0 Å². The highest BCUT2D eigenvalue weighted by Crippen LogP contribution is 2.27. The summed E-state index contributed by atoms with van der Waals surface area (Å²) in [7, 11) is 0. The molecule has 0 aliphatic heterocycles. The first-order chi connectivity index (χ1) is 10.4. The quantitative estimate of drug-likeness (QED) is 0.650. The van der Waals surface area contributed by atoms with Gasteiger partial charge in [0.1, 0.15) is 17.9 Å². The Labute approximate surface area is 135 Å². The lowest BCUT2D eigenvalue weighted by molar-refractivity contribution is -0.384. The highest BCUT2D eigenvalue weighted by molar-refractivity contribution is 6.42. The normalized spacial score (nSPS) is 10.3. The van der Waals surface area contributed by atoms with Crippen molar-refractivity contribution < 1.29 is 19.6 Å². The number of carboxylic acids is 1. The Balaban J connectivity index is 2.23. The third kappa shape index (κ3) is 3.66. The summed E-state index contributed by atoms with van der Waals surface area (Å²) < 4.78 is 5.41. The zero-order chi connectivity index (χ0) is 16.3. The number of hydrogen-bond donors (Lipinski definition) is 1. The van der Waals surface area contributed by atoms with Gasteiger partial charge in [-0.25, -0.2) is 4.79 Å². The van der Waals surface area contributed by atoms with E-state index in [4.69, 9.17) is 33.0 Å². The monoisotopic (exact) mass is 341 g/mol. The van der Waals surface area contributed by atoms with Gasteiger partial charge in [0.25, 0.3) is 5.69 Å². The van der Waals surface area contributed by atoms with Gasteiger partial charge in [-0.1, -0.05) is 29.3 Å².